The van der Waals surface area contributed by atoms with Crippen LogP contribution < -0.4 is 26.2 Å². The van der Waals surface area contributed by atoms with E-state index in [9.17, 15) is 9.59 Å². The summed E-state index contributed by atoms with van der Waals surface area (Å²) in [4.78, 5) is 24.7. The van der Waals surface area contributed by atoms with Crippen LogP contribution in [0.1, 0.15) is 35.4 Å². The number of hydrogen-bond acceptors (Lipinski definition) is 9. The van der Waals surface area contributed by atoms with Gasteiger partial charge in [0.15, 0.2) is 0 Å². The van der Waals surface area contributed by atoms with Crippen LogP contribution in [0.15, 0.2) is 78.3 Å². The van der Waals surface area contributed by atoms with Crippen molar-refractivity contribution in [3.63, 3.8) is 0 Å². The fourth-order valence-corrected chi connectivity index (χ4v) is 4.74. The van der Waals surface area contributed by atoms with Crippen molar-refractivity contribution in [3.05, 3.63) is 94.4 Å². The smallest absolute Gasteiger partial charge is 0.230 e. The number of nitrogens with one attached hydrogen (secondary N) is 4. The molecule has 0 bridgehead atoms. The second-order valence-electron chi connectivity index (χ2n) is 9.15. The maximum atomic E-state index is 12.5. The number of hydrogen-bond donors (Lipinski definition) is 4. The number of amides is 2. The van der Waals surface area contributed by atoms with Gasteiger partial charge in [0.05, 0.1) is 19.4 Å². The number of aromatic nitrogens is 2. The first kappa shape index (κ1) is 28.8. The first-order valence-corrected chi connectivity index (χ1v) is 14.0. The Hall–Kier alpha value is -4.22. The molecule has 11 heteroatoms. The van der Waals surface area contributed by atoms with Crippen LogP contribution in [0, 0.1) is 0 Å². The molecule has 4 N–H and O–H groups in total. The van der Waals surface area contributed by atoms with Gasteiger partial charge >= 0.3 is 0 Å². The minimum Gasteiger partial charge on any atom is -0.491 e. The van der Waals surface area contributed by atoms with Gasteiger partial charge in [0.2, 0.25) is 16.9 Å². The highest BCUT2D eigenvalue weighted by atomic mass is 32.1. The summed E-state index contributed by atoms with van der Waals surface area (Å²) in [6.07, 6.45) is 7.90. The molecule has 0 saturated heterocycles. The first-order valence-electron chi connectivity index (χ1n) is 13.2. The molecule has 0 fully saturated rings. The topological polar surface area (TPSA) is 126 Å². The molecule has 3 aromatic rings. The molecule has 0 atom stereocenters. The number of aryl methyl sites for hydroxylation is 1. The van der Waals surface area contributed by atoms with Crippen molar-refractivity contribution in [2.24, 2.45) is 0 Å². The summed E-state index contributed by atoms with van der Waals surface area (Å²) in [5.74, 6) is 1.10. The molecule has 10 nitrogen and oxygen atoms in total. The van der Waals surface area contributed by atoms with Gasteiger partial charge in [-0.1, -0.05) is 53.8 Å². The minimum absolute atomic E-state index is 0.0752. The molecule has 1 aliphatic rings. The van der Waals surface area contributed by atoms with E-state index in [-0.39, 0.29) is 18.2 Å². The van der Waals surface area contributed by atoms with E-state index in [0.29, 0.717) is 36.3 Å². The molecule has 0 unspecified atom stereocenters. The fourth-order valence-electron chi connectivity index (χ4n) is 3.94. The average molecular weight is 563 g/mol. The van der Waals surface area contributed by atoms with Crippen LogP contribution >= 0.6 is 11.3 Å². The number of anilines is 1. The van der Waals surface area contributed by atoms with E-state index in [1.807, 2.05) is 66.7 Å². The van der Waals surface area contributed by atoms with Crippen molar-refractivity contribution in [2.45, 2.75) is 38.5 Å². The molecule has 2 heterocycles. The van der Waals surface area contributed by atoms with Gasteiger partial charge in [-0.05, 0) is 54.7 Å². The Morgan fingerprint density at radius 1 is 0.850 bits per heavy atom. The molecule has 2 aromatic carbocycles. The second-order valence-corrected chi connectivity index (χ2v) is 10.2. The van der Waals surface area contributed by atoms with Crippen LogP contribution in [0.25, 0.3) is 0 Å². The van der Waals surface area contributed by atoms with E-state index in [2.05, 4.69) is 31.7 Å². The lowest BCUT2D eigenvalue weighted by atomic mass is 10.1. The van der Waals surface area contributed by atoms with E-state index >= 15 is 0 Å². The molecule has 210 valence electrons. The van der Waals surface area contributed by atoms with Crippen molar-refractivity contribution in [1.82, 2.24) is 26.4 Å². The third-order valence-electron chi connectivity index (χ3n) is 5.91. The first-order chi connectivity index (χ1) is 19.6. The van der Waals surface area contributed by atoms with Crippen LogP contribution in [0.2, 0.25) is 0 Å². The Morgan fingerprint density at radius 2 is 1.62 bits per heavy atom. The maximum Gasteiger partial charge on any atom is 0.230 e. The van der Waals surface area contributed by atoms with Gasteiger partial charge in [-0.3, -0.25) is 15.0 Å². The fraction of sp³-hybridized carbons (Fsp3) is 0.310. The molecular weight excluding hydrogens is 528 g/mol. The summed E-state index contributed by atoms with van der Waals surface area (Å²) >= 11 is 1.40. The minimum atomic E-state index is -0.150. The zero-order chi connectivity index (χ0) is 28.0. The Bertz CT molecular complexity index is 1320. The molecule has 2 amide bonds. The SMILES string of the molecule is COCCOc1cccc(CC(=O)Nc2nnc(CCCCC3=CC=C(NC(=O)Cc4ccccc4)NN3)s2)c1. The quantitative estimate of drug-likeness (QED) is 0.207. The third kappa shape index (κ3) is 9.83. The lowest BCUT2D eigenvalue weighted by Crippen LogP contribution is -2.41. The van der Waals surface area contributed by atoms with Gasteiger partial charge in [0.25, 0.3) is 0 Å². The van der Waals surface area contributed by atoms with Crippen molar-refractivity contribution >= 4 is 28.3 Å². The van der Waals surface area contributed by atoms with Gasteiger partial charge < -0.3 is 25.5 Å². The summed E-state index contributed by atoms with van der Waals surface area (Å²) in [5, 5.41) is 15.4. The Kier molecular flexibility index (Phi) is 11.1. The largest absolute Gasteiger partial charge is 0.491 e. The van der Waals surface area contributed by atoms with Crippen molar-refractivity contribution in [3.8, 4) is 5.75 Å². The number of ether oxygens (including phenoxy) is 2. The van der Waals surface area contributed by atoms with Crippen molar-refractivity contribution in [2.75, 3.05) is 25.6 Å². The summed E-state index contributed by atoms with van der Waals surface area (Å²) in [7, 11) is 1.62. The van der Waals surface area contributed by atoms with Crippen LogP contribution in [-0.4, -0.2) is 42.3 Å². The number of carbonyl (C=O) groups is 2. The summed E-state index contributed by atoms with van der Waals surface area (Å²) in [6, 6.07) is 17.1. The molecular formula is C29H34N6O4S. The second kappa shape index (κ2) is 15.4. The number of benzene rings is 2. The standard InChI is InChI=1S/C29H34N6O4S/c1-38-16-17-39-24-12-7-10-22(18-24)20-27(37)31-29-35-34-28(40-29)13-6-5-11-23-14-15-25(33-32-23)30-26(36)19-21-8-3-2-4-9-21/h2-4,7-10,12,14-15,18,32-33H,5-6,11,13,16-17,19-20H2,1H3,(H,30,36)(H,31,35,37). The summed E-state index contributed by atoms with van der Waals surface area (Å²) < 4.78 is 10.6. The van der Waals surface area contributed by atoms with Crippen LogP contribution in [0.3, 0.4) is 0 Å². The maximum absolute atomic E-state index is 12.5. The highest BCUT2D eigenvalue weighted by Crippen LogP contribution is 2.19. The van der Waals surface area contributed by atoms with Crippen molar-refractivity contribution in [1.29, 1.82) is 0 Å². The zero-order valence-electron chi connectivity index (χ0n) is 22.4. The molecule has 1 aliphatic heterocycles. The summed E-state index contributed by atoms with van der Waals surface area (Å²) in [6.45, 7) is 0.961. The molecule has 0 aliphatic carbocycles. The predicted molar refractivity (Wildman–Crippen MR) is 154 cm³/mol. The van der Waals surface area contributed by atoms with E-state index in [1.165, 1.54) is 11.3 Å². The highest BCUT2D eigenvalue weighted by molar-refractivity contribution is 7.15. The predicted octanol–water partition coefficient (Wildman–Crippen LogP) is 3.65. The number of methoxy groups -OCH3 is 1. The molecule has 0 saturated carbocycles. The number of nitrogens with zero attached hydrogens (tertiary/aromatic N) is 2. The number of unbranched alkanes of at least 4 members (excludes halogenated alkanes) is 1. The Labute approximate surface area is 237 Å². The van der Waals surface area contributed by atoms with E-state index in [0.717, 1.165) is 47.5 Å². The van der Waals surface area contributed by atoms with Crippen LogP contribution in [0.4, 0.5) is 5.13 Å². The van der Waals surface area contributed by atoms with E-state index in [1.54, 1.807) is 7.11 Å². The molecule has 4 rings (SSSR count). The van der Waals surface area contributed by atoms with Gasteiger partial charge in [-0.15, -0.1) is 10.2 Å². The van der Waals surface area contributed by atoms with Gasteiger partial charge in [0, 0.05) is 19.2 Å². The van der Waals surface area contributed by atoms with Crippen LogP contribution in [-0.2, 0) is 33.6 Å². The van der Waals surface area contributed by atoms with Crippen molar-refractivity contribution < 1.29 is 19.1 Å². The number of hydrazine groups is 1. The zero-order valence-corrected chi connectivity index (χ0v) is 23.3. The monoisotopic (exact) mass is 562 g/mol. The Morgan fingerprint density at radius 3 is 2.42 bits per heavy atom. The highest BCUT2D eigenvalue weighted by Gasteiger charge is 2.11. The van der Waals surface area contributed by atoms with Gasteiger partial charge in [0.1, 0.15) is 23.2 Å². The lowest BCUT2D eigenvalue weighted by Gasteiger charge is -2.20. The average Bonchev–Trinajstić information content (AvgIpc) is 3.39. The number of carbonyl (C=O) groups excluding carboxylic acids is 2. The van der Waals surface area contributed by atoms with E-state index < -0.39 is 0 Å². The molecule has 40 heavy (non-hydrogen) atoms. The summed E-state index contributed by atoms with van der Waals surface area (Å²) in [5.41, 5.74) is 9.04. The van der Waals surface area contributed by atoms with Gasteiger partial charge in [-0.2, -0.15) is 0 Å². The lowest BCUT2D eigenvalue weighted by molar-refractivity contribution is -0.120. The normalized spacial score (nSPS) is 12.4. The van der Waals surface area contributed by atoms with Gasteiger partial charge in [-0.25, -0.2) is 0 Å². The molecule has 0 radical (unpaired) electrons. The molecule has 0 spiro atoms. The number of allylic oxidation sites excluding steroid dienone is 3. The number of rotatable bonds is 15. The third-order valence-corrected chi connectivity index (χ3v) is 6.81. The Balaban J connectivity index is 1.13. The van der Waals surface area contributed by atoms with Crippen LogP contribution in [0.5, 0.6) is 5.75 Å². The molecule has 1 aromatic heterocycles. The van der Waals surface area contributed by atoms with E-state index in [4.69, 9.17) is 9.47 Å².